The summed E-state index contributed by atoms with van der Waals surface area (Å²) in [6.07, 6.45) is 2.99. The highest BCUT2D eigenvalue weighted by atomic mass is 79.9. The number of esters is 1. The molecular weight excluding hydrogens is 469 g/mol. The molecule has 1 amide bonds. The molecular formula is C23H19BrFNO5. The fourth-order valence-corrected chi connectivity index (χ4v) is 4.15. The molecule has 1 aliphatic rings. The van der Waals surface area contributed by atoms with Gasteiger partial charge in [0.15, 0.2) is 5.76 Å². The van der Waals surface area contributed by atoms with E-state index >= 15 is 0 Å². The van der Waals surface area contributed by atoms with Gasteiger partial charge in [0, 0.05) is 11.0 Å². The number of amides is 1. The Morgan fingerprint density at radius 2 is 2.03 bits per heavy atom. The molecule has 8 heteroatoms. The molecule has 160 valence electrons. The first-order valence-corrected chi connectivity index (χ1v) is 10.4. The number of rotatable bonds is 5. The Morgan fingerprint density at radius 1 is 1.19 bits per heavy atom. The maximum atomic E-state index is 13.5. The molecule has 6 nitrogen and oxygen atoms in total. The van der Waals surface area contributed by atoms with E-state index in [-0.39, 0.29) is 18.1 Å². The molecule has 0 bridgehead atoms. The highest BCUT2D eigenvalue weighted by molar-refractivity contribution is 9.10. The van der Waals surface area contributed by atoms with Crippen LogP contribution in [0.2, 0.25) is 0 Å². The quantitative estimate of drug-likeness (QED) is 0.466. The van der Waals surface area contributed by atoms with Gasteiger partial charge in [-0.05, 0) is 64.7 Å². The van der Waals surface area contributed by atoms with Crippen molar-refractivity contribution in [1.82, 2.24) is 0 Å². The van der Waals surface area contributed by atoms with Crippen molar-refractivity contribution in [2.75, 3.05) is 18.6 Å². The van der Waals surface area contributed by atoms with E-state index in [0.29, 0.717) is 33.8 Å². The number of carbonyl (C=O) groups excluding carboxylic acids is 2. The lowest BCUT2D eigenvalue weighted by Gasteiger charge is -2.31. The average molecular weight is 488 g/mol. The molecule has 0 N–H and O–H groups in total. The van der Waals surface area contributed by atoms with Crippen molar-refractivity contribution in [3.63, 3.8) is 0 Å². The highest BCUT2D eigenvalue weighted by Gasteiger charge is 2.28. The predicted octanol–water partition coefficient (Wildman–Crippen LogP) is 5.14. The Labute approximate surface area is 186 Å². The van der Waals surface area contributed by atoms with Crippen LogP contribution in [0.5, 0.6) is 5.75 Å². The molecule has 4 rings (SSSR count). The van der Waals surface area contributed by atoms with E-state index in [2.05, 4.69) is 15.9 Å². The maximum absolute atomic E-state index is 13.5. The number of nitrogens with zero attached hydrogens (tertiary/aromatic N) is 1. The van der Waals surface area contributed by atoms with E-state index in [1.807, 2.05) is 12.1 Å². The fraction of sp³-hybridized carbons (Fsp3) is 0.217. The lowest BCUT2D eigenvalue weighted by molar-refractivity contribution is 0.0595. The molecule has 0 unspecified atom stereocenters. The van der Waals surface area contributed by atoms with Crippen LogP contribution in [0.4, 0.5) is 10.1 Å². The molecule has 1 aromatic heterocycles. The average Bonchev–Trinajstić information content (AvgIpc) is 3.25. The number of fused-ring (bicyclic) bond motifs is 1. The number of carbonyl (C=O) groups is 2. The number of methoxy groups -OCH3 is 1. The molecule has 2 aromatic carbocycles. The van der Waals surface area contributed by atoms with E-state index in [4.69, 9.17) is 13.9 Å². The Balaban J connectivity index is 1.65. The number of ether oxygens (including phenoxy) is 2. The molecule has 31 heavy (non-hydrogen) atoms. The molecule has 0 aliphatic carbocycles. The zero-order valence-corrected chi connectivity index (χ0v) is 18.3. The standard InChI is InChI=1S/C23H19BrFNO5/c1-29-23(28)17-9-11-30-20(17)13-31-19-6-2-4-14-5-3-10-26(21(14)19)22(27)16-8-7-15(25)12-18(16)24/h2,4,6-9,11-12H,3,5,10,13H2,1H3. The summed E-state index contributed by atoms with van der Waals surface area (Å²) in [5.41, 5.74) is 2.29. The minimum atomic E-state index is -0.514. The Morgan fingerprint density at radius 3 is 2.81 bits per heavy atom. The van der Waals surface area contributed by atoms with E-state index in [0.717, 1.165) is 18.4 Å². The summed E-state index contributed by atoms with van der Waals surface area (Å²) in [6, 6.07) is 11.1. The Hall–Kier alpha value is -3.13. The van der Waals surface area contributed by atoms with Gasteiger partial charge < -0.3 is 18.8 Å². The lowest BCUT2D eigenvalue weighted by atomic mass is 10.00. The summed E-state index contributed by atoms with van der Waals surface area (Å²) >= 11 is 3.28. The number of aryl methyl sites for hydroxylation is 1. The fourth-order valence-electron chi connectivity index (χ4n) is 3.63. The minimum absolute atomic E-state index is 0.00381. The van der Waals surface area contributed by atoms with Gasteiger partial charge in [0.25, 0.3) is 5.91 Å². The Bertz CT molecular complexity index is 1140. The molecule has 2 heterocycles. The molecule has 0 atom stereocenters. The summed E-state index contributed by atoms with van der Waals surface area (Å²) < 4.78 is 30.0. The second-order valence-electron chi connectivity index (χ2n) is 6.99. The van der Waals surface area contributed by atoms with Crippen molar-refractivity contribution in [1.29, 1.82) is 0 Å². The molecule has 0 saturated carbocycles. The van der Waals surface area contributed by atoms with Crippen LogP contribution in [0.3, 0.4) is 0 Å². The third-order valence-corrected chi connectivity index (χ3v) is 5.75. The normalized spacial score (nSPS) is 12.9. The van der Waals surface area contributed by atoms with Crippen LogP contribution in [0.25, 0.3) is 0 Å². The van der Waals surface area contributed by atoms with Crippen molar-refractivity contribution in [3.05, 3.63) is 81.5 Å². The first-order valence-electron chi connectivity index (χ1n) is 9.66. The maximum Gasteiger partial charge on any atom is 0.341 e. The summed E-state index contributed by atoms with van der Waals surface area (Å²) in [6.45, 7) is 0.500. The topological polar surface area (TPSA) is 69.0 Å². The third-order valence-electron chi connectivity index (χ3n) is 5.10. The zero-order chi connectivity index (χ0) is 22.0. The first kappa shape index (κ1) is 21.1. The van der Waals surface area contributed by atoms with Gasteiger partial charge in [-0.2, -0.15) is 0 Å². The molecule has 3 aromatic rings. The molecule has 0 fully saturated rings. The molecule has 0 spiro atoms. The first-order chi connectivity index (χ1) is 15.0. The third kappa shape index (κ3) is 4.20. The number of benzene rings is 2. The van der Waals surface area contributed by atoms with Gasteiger partial charge >= 0.3 is 5.97 Å². The number of hydrogen-bond donors (Lipinski definition) is 0. The van der Waals surface area contributed by atoms with E-state index in [1.165, 1.54) is 37.6 Å². The van der Waals surface area contributed by atoms with Gasteiger partial charge in [0.05, 0.1) is 24.6 Å². The summed E-state index contributed by atoms with van der Waals surface area (Å²) in [7, 11) is 1.30. The smallest absolute Gasteiger partial charge is 0.341 e. The van der Waals surface area contributed by atoms with Gasteiger partial charge in [-0.3, -0.25) is 4.79 Å². The second-order valence-corrected chi connectivity index (χ2v) is 7.84. The predicted molar refractivity (Wildman–Crippen MR) is 115 cm³/mol. The molecule has 0 radical (unpaired) electrons. The van der Waals surface area contributed by atoms with Crippen LogP contribution in [0.1, 0.15) is 38.5 Å². The van der Waals surface area contributed by atoms with Crippen molar-refractivity contribution >= 4 is 33.5 Å². The number of hydrogen-bond acceptors (Lipinski definition) is 5. The van der Waals surface area contributed by atoms with Crippen LogP contribution >= 0.6 is 15.9 Å². The number of para-hydroxylation sites is 1. The van der Waals surface area contributed by atoms with Gasteiger partial charge in [-0.15, -0.1) is 0 Å². The number of anilines is 1. The monoisotopic (exact) mass is 487 g/mol. The van der Waals surface area contributed by atoms with Crippen LogP contribution < -0.4 is 9.64 Å². The van der Waals surface area contributed by atoms with E-state index in [1.54, 1.807) is 11.0 Å². The van der Waals surface area contributed by atoms with E-state index < -0.39 is 11.8 Å². The van der Waals surface area contributed by atoms with Gasteiger partial charge in [-0.1, -0.05) is 12.1 Å². The van der Waals surface area contributed by atoms with Gasteiger partial charge in [0.1, 0.15) is 23.7 Å². The van der Waals surface area contributed by atoms with Crippen LogP contribution in [0, 0.1) is 5.82 Å². The van der Waals surface area contributed by atoms with Crippen molar-refractivity contribution in [2.24, 2.45) is 0 Å². The van der Waals surface area contributed by atoms with Gasteiger partial charge in [0.2, 0.25) is 0 Å². The Kier molecular flexibility index (Phi) is 6.08. The summed E-state index contributed by atoms with van der Waals surface area (Å²) in [5, 5.41) is 0. The number of halogens is 2. The van der Waals surface area contributed by atoms with Crippen molar-refractivity contribution in [2.45, 2.75) is 19.4 Å². The largest absolute Gasteiger partial charge is 0.483 e. The van der Waals surface area contributed by atoms with Crippen LogP contribution in [-0.4, -0.2) is 25.5 Å². The highest BCUT2D eigenvalue weighted by Crippen LogP contribution is 2.38. The second kappa shape index (κ2) is 8.93. The summed E-state index contributed by atoms with van der Waals surface area (Å²) in [5.74, 6) is -0.362. The zero-order valence-electron chi connectivity index (χ0n) is 16.7. The van der Waals surface area contributed by atoms with Crippen molar-refractivity contribution in [3.8, 4) is 5.75 Å². The van der Waals surface area contributed by atoms with Crippen LogP contribution in [-0.2, 0) is 17.8 Å². The number of furan rings is 1. The van der Waals surface area contributed by atoms with E-state index in [9.17, 15) is 14.0 Å². The molecule has 1 aliphatic heterocycles. The lowest BCUT2D eigenvalue weighted by Crippen LogP contribution is -2.36. The van der Waals surface area contributed by atoms with Gasteiger partial charge in [-0.25, -0.2) is 9.18 Å². The summed E-state index contributed by atoms with van der Waals surface area (Å²) in [4.78, 5) is 26.8. The van der Waals surface area contributed by atoms with Crippen LogP contribution in [0.15, 0.2) is 57.6 Å². The molecule has 0 saturated heterocycles. The minimum Gasteiger partial charge on any atom is -0.483 e. The van der Waals surface area contributed by atoms with Crippen molar-refractivity contribution < 1.29 is 27.9 Å². The SMILES string of the molecule is COC(=O)c1ccoc1COc1cccc2c1N(C(=O)c1ccc(F)cc1Br)CCC2.